The van der Waals surface area contributed by atoms with Crippen LogP contribution in [0.3, 0.4) is 0 Å². The van der Waals surface area contributed by atoms with Crippen LogP contribution in [0.4, 0.5) is 5.69 Å². The van der Waals surface area contributed by atoms with Crippen molar-refractivity contribution in [3.8, 4) is 6.07 Å². The van der Waals surface area contributed by atoms with Gasteiger partial charge in [-0.15, -0.1) is 0 Å². The van der Waals surface area contributed by atoms with Gasteiger partial charge in [-0.25, -0.2) is 9.97 Å². The Morgan fingerprint density at radius 1 is 1.35 bits per heavy atom. The van der Waals surface area contributed by atoms with Crippen molar-refractivity contribution >= 4 is 45.7 Å². The number of aromatic nitrogens is 3. The molecule has 2 heterocycles. The second-order valence-electron chi connectivity index (χ2n) is 4.93. The Hall–Kier alpha value is -2.49. The second kappa shape index (κ2) is 6.32. The SMILES string of the molecule is Cn1c(C(C#N)C(=S)Nc2ccc(Cl)cc2)nc2cccnc21. The summed E-state index contributed by atoms with van der Waals surface area (Å²) in [4.78, 5) is 9.16. The molecule has 1 unspecified atom stereocenters. The maximum Gasteiger partial charge on any atom is 0.159 e. The highest BCUT2D eigenvalue weighted by Crippen LogP contribution is 2.22. The van der Waals surface area contributed by atoms with E-state index in [2.05, 4.69) is 21.4 Å². The highest BCUT2D eigenvalue weighted by molar-refractivity contribution is 7.80. The van der Waals surface area contributed by atoms with Crippen molar-refractivity contribution in [1.82, 2.24) is 14.5 Å². The van der Waals surface area contributed by atoms with Crippen molar-refractivity contribution in [1.29, 1.82) is 5.26 Å². The molecule has 0 bridgehead atoms. The van der Waals surface area contributed by atoms with Gasteiger partial charge in [0.1, 0.15) is 16.3 Å². The van der Waals surface area contributed by atoms with Gasteiger partial charge in [0.25, 0.3) is 0 Å². The number of thiocarbonyl (C=S) groups is 1. The lowest BCUT2D eigenvalue weighted by Gasteiger charge is -2.13. The van der Waals surface area contributed by atoms with Gasteiger partial charge in [-0.1, -0.05) is 23.8 Å². The zero-order valence-electron chi connectivity index (χ0n) is 12.2. The summed E-state index contributed by atoms with van der Waals surface area (Å²) in [5.41, 5.74) is 2.23. The molecule has 0 aliphatic rings. The Morgan fingerprint density at radius 2 is 2.09 bits per heavy atom. The molecular formula is C16H12ClN5S. The Morgan fingerprint density at radius 3 is 2.74 bits per heavy atom. The van der Waals surface area contributed by atoms with E-state index in [1.807, 2.05) is 19.2 Å². The summed E-state index contributed by atoms with van der Waals surface area (Å²) in [5, 5.41) is 13.3. The lowest BCUT2D eigenvalue weighted by Crippen LogP contribution is -2.20. The number of imidazole rings is 1. The molecule has 0 saturated carbocycles. The smallest absolute Gasteiger partial charge is 0.159 e. The Labute approximate surface area is 143 Å². The first-order valence-corrected chi connectivity index (χ1v) is 7.62. The molecule has 3 aromatic rings. The zero-order valence-corrected chi connectivity index (χ0v) is 13.8. The first-order valence-electron chi connectivity index (χ1n) is 6.83. The van der Waals surface area contributed by atoms with Gasteiger partial charge in [-0.05, 0) is 36.4 Å². The van der Waals surface area contributed by atoms with E-state index < -0.39 is 5.92 Å². The van der Waals surface area contributed by atoms with Crippen molar-refractivity contribution in [3.63, 3.8) is 0 Å². The fourth-order valence-corrected chi connectivity index (χ4v) is 2.68. The minimum absolute atomic E-state index is 0.383. The van der Waals surface area contributed by atoms with Crippen LogP contribution in [0, 0.1) is 11.3 Å². The highest BCUT2D eigenvalue weighted by Gasteiger charge is 2.23. The van der Waals surface area contributed by atoms with Crippen LogP contribution in [0.1, 0.15) is 11.7 Å². The summed E-state index contributed by atoms with van der Waals surface area (Å²) >= 11 is 11.3. The molecular weight excluding hydrogens is 330 g/mol. The molecule has 114 valence electrons. The lowest BCUT2D eigenvalue weighted by molar-refractivity contribution is 0.826. The van der Waals surface area contributed by atoms with Crippen LogP contribution in [0.2, 0.25) is 5.02 Å². The van der Waals surface area contributed by atoms with Gasteiger partial charge >= 0.3 is 0 Å². The van der Waals surface area contributed by atoms with Gasteiger partial charge in [0.15, 0.2) is 11.6 Å². The van der Waals surface area contributed by atoms with Gasteiger partial charge < -0.3 is 9.88 Å². The molecule has 1 N–H and O–H groups in total. The molecule has 2 aromatic heterocycles. The molecule has 1 aromatic carbocycles. The highest BCUT2D eigenvalue weighted by atomic mass is 35.5. The molecule has 0 aliphatic heterocycles. The molecule has 7 heteroatoms. The molecule has 0 saturated heterocycles. The number of aryl methyl sites for hydroxylation is 1. The van der Waals surface area contributed by atoms with E-state index in [9.17, 15) is 5.26 Å². The monoisotopic (exact) mass is 341 g/mol. The molecule has 23 heavy (non-hydrogen) atoms. The third-order valence-corrected chi connectivity index (χ3v) is 4.01. The maximum absolute atomic E-state index is 9.55. The molecule has 1 atom stereocenters. The number of fused-ring (bicyclic) bond motifs is 1. The van der Waals surface area contributed by atoms with Gasteiger partial charge in [-0.2, -0.15) is 5.26 Å². The summed E-state index contributed by atoms with van der Waals surface area (Å²) in [6, 6.07) is 13.0. The number of rotatable bonds is 3. The predicted molar refractivity (Wildman–Crippen MR) is 94.5 cm³/mol. The van der Waals surface area contributed by atoms with E-state index in [0.29, 0.717) is 15.8 Å². The Bertz CT molecular complexity index is 910. The number of nitriles is 1. The van der Waals surface area contributed by atoms with Crippen LogP contribution >= 0.6 is 23.8 Å². The van der Waals surface area contributed by atoms with Gasteiger partial charge in [0, 0.05) is 24.0 Å². The fourth-order valence-electron chi connectivity index (χ4n) is 2.28. The summed E-state index contributed by atoms with van der Waals surface area (Å²) in [7, 11) is 1.83. The van der Waals surface area contributed by atoms with Gasteiger partial charge in [-0.3, -0.25) is 0 Å². The van der Waals surface area contributed by atoms with Crippen LogP contribution in [0.25, 0.3) is 11.2 Å². The molecule has 0 amide bonds. The lowest BCUT2D eigenvalue weighted by atomic mass is 10.1. The van der Waals surface area contributed by atoms with Crippen LogP contribution in [0.5, 0.6) is 0 Å². The van der Waals surface area contributed by atoms with Crippen molar-refractivity contribution in [2.75, 3.05) is 5.32 Å². The molecule has 0 aliphatic carbocycles. The number of hydrogen-bond acceptors (Lipinski definition) is 4. The number of halogens is 1. The molecule has 0 radical (unpaired) electrons. The van der Waals surface area contributed by atoms with Crippen molar-refractivity contribution in [2.45, 2.75) is 5.92 Å². The zero-order chi connectivity index (χ0) is 16.4. The van der Waals surface area contributed by atoms with E-state index in [1.165, 1.54) is 0 Å². The predicted octanol–water partition coefficient (Wildman–Crippen LogP) is 3.67. The molecule has 0 fully saturated rings. The van der Waals surface area contributed by atoms with Gasteiger partial charge in [0.05, 0.1) is 6.07 Å². The average Bonchev–Trinajstić information content (AvgIpc) is 2.88. The summed E-state index contributed by atoms with van der Waals surface area (Å²) in [6.07, 6.45) is 1.69. The standard InChI is InChI=1S/C16H12ClN5S/c1-22-14(21-13-3-2-8-19-15(13)22)12(9-18)16(23)20-11-6-4-10(17)5-7-11/h2-8,12H,1H3,(H,20,23). The first-order chi connectivity index (χ1) is 11.1. The van der Waals surface area contributed by atoms with E-state index in [0.717, 1.165) is 16.9 Å². The number of nitrogens with zero attached hydrogens (tertiary/aromatic N) is 4. The van der Waals surface area contributed by atoms with E-state index >= 15 is 0 Å². The Balaban J connectivity index is 1.92. The fraction of sp³-hybridized carbons (Fsp3) is 0.125. The normalized spacial score (nSPS) is 11.9. The minimum atomic E-state index is -0.667. The summed E-state index contributed by atoms with van der Waals surface area (Å²) in [5.74, 6) is -0.104. The largest absolute Gasteiger partial charge is 0.349 e. The van der Waals surface area contributed by atoms with Crippen molar-refractivity contribution in [3.05, 3.63) is 53.4 Å². The van der Waals surface area contributed by atoms with Gasteiger partial charge in [0.2, 0.25) is 0 Å². The number of benzene rings is 1. The quantitative estimate of drug-likeness (QED) is 0.736. The van der Waals surface area contributed by atoms with Crippen LogP contribution in [-0.2, 0) is 7.05 Å². The second-order valence-corrected chi connectivity index (χ2v) is 5.81. The van der Waals surface area contributed by atoms with E-state index in [-0.39, 0.29) is 0 Å². The number of hydrogen-bond donors (Lipinski definition) is 1. The Kier molecular flexibility index (Phi) is 4.24. The first kappa shape index (κ1) is 15.4. The minimum Gasteiger partial charge on any atom is -0.349 e. The van der Waals surface area contributed by atoms with Crippen LogP contribution in [-0.4, -0.2) is 19.5 Å². The van der Waals surface area contributed by atoms with Crippen molar-refractivity contribution in [2.24, 2.45) is 7.05 Å². The number of pyridine rings is 1. The number of anilines is 1. The molecule has 0 spiro atoms. The van der Waals surface area contributed by atoms with E-state index in [4.69, 9.17) is 23.8 Å². The van der Waals surface area contributed by atoms with Crippen LogP contribution < -0.4 is 5.32 Å². The molecule has 3 rings (SSSR count). The third-order valence-electron chi connectivity index (χ3n) is 3.42. The van der Waals surface area contributed by atoms with Crippen molar-refractivity contribution < 1.29 is 0 Å². The van der Waals surface area contributed by atoms with Crippen LogP contribution in [0.15, 0.2) is 42.6 Å². The third kappa shape index (κ3) is 3.02. The summed E-state index contributed by atoms with van der Waals surface area (Å²) < 4.78 is 1.79. The number of nitrogens with one attached hydrogen (secondary N) is 1. The molecule has 5 nitrogen and oxygen atoms in total. The topological polar surface area (TPSA) is 66.5 Å². The average molecular weight is 342 g/mol. The van der Waals surface area contributed by atoms with E-state index in [1.54, 1.807) is 35.0 Å². The maximum atomic E-state index is 9.55. The summed E-state index contributed by atoms with van der Waals surface area (Å²) in [6.45, 7) is 0.